The van der Waals surface area contributed by atoms with Crippen LogP contribution in [0, 0.1) is 0 Å². The first-order chi connectivity index (χ1) is 13.5. The molecular weight excluding hydrogens is 398 g/mol. The maximum absolute atomic E-state index is 12.6. The molecule has 0 radical (unpaired) electrons. The molecule has 4 aromatic rings. The number of ether oxygens (including phenoxy) is 1. The molecule has 0 bridgehead atoms. The van der Waals surface area contributed by atoms with Gasteiger partial charge in [0.15, 0.2) is 16.5 Å². The molecule has 0 aliphatic heterocycles. The highest BCUT2D eigenvalue weighted by atomic mass is 35.5. The van der Waals surface area contributed by atoms with Crippen LogP contribution in [0.3, 0.4) is 0 Å². The molecule has 0 unspecified atom stereocenters. The van der Waals surface area contributed by atoms with Crippen LogP contribution in [-0.2, 0) is 0 Å². The van der Waals surface area contributed by atoms with E-state index in [1.54, 1.807) is 18.3 Å². The lowest BCUT2D eigenvalue weighted by Gasteiger charge is -2.11. The predicted octanol–water partition coefficient (Wildman–Crippen LogP) is 5.07. The SMILES string of the molecule is CCOc1cc(C(=O)Nc2ccc(-c3cn4ccsc4n3)cc2)cc(Cl)c1O. The molecular formula is C20H16ClN3O3S. The number of anilines is 1. The van der Waals surface area contributed by atoms with Crippen LogP contribution in [0.5, 0.6) is 11.5 Å². The van der Waals surface area contributed by atoms with Gasteiger partial charge in [0.05, 0.1) is 17.3 Å². The maximum Gasteiger partial charge on any atom is 0.255 e. The molecule has 0 aliphatic carbocycles. The molecule has 1 amide bonds. The molecule has 0 atom stereocenters. The van der Waals surface area contributed by atoms with E-state index in [4.69, 9.17) is 16.3 Å². The van der Waals surface area contributed by atoms with E-state index in [9.17, 15) is 9.90 Å². The van der Waals surface area contributed by atoms with Crippen molar-refractivity contribution < 1.29 is 14.6 Å². The number of fused-ring (bicyclic) bond motifs is 1. The highest BCUT2D eigenvalue weighted by Crippen LogP contribution is 2.35. The minimum absolute atomic E-state index is 0.0613. The second-order valence-electron chi connectivity index (χ2n) is 5.99. The molecule has 6 nitrogen and oxygen atoms in total. The lowest BCUT2D eigenvalue weighted by Crippen LogP contribution is -2.12. The zero-order valence-electron chi connectivity index (χ0n) is 14.8. The van der Waals surface area contributed by atoms with Crippen LogP contribution >= 0.6 is 22.9 Å². The van der Waals surface area contributed by atoms with Crippen molar-refractivity contribution in [3.63, 3.8) is 0 Å². The van der Waals surface area contributed by atoms with E-state index in [1.165, 1.54) is 12.1 Å². The average Bonchev–Trinajstić information content (AvgIpc) is 3.28. The van der Waals surface area contributed by atoms with Gasteiger partial charge in [0.2, 0.25) is 0 Å². The Kier molecular flexibility index (Phi) is 4.93. The van der Waals surface area contributed by atoms with Gasteiger partial charge < -0.3 is 15.2 Å². The summed E-state index contributed by atoms with van der Waals surface area (Å²) >= 11 is 7.57. The number of aromatic nitrogens is 2. The van der Waals surface area contributed by atoms with E-state index < -0.39 is 0 Å². The zero-order chi connectivity index (χ0) is 19.7. The fourth-order valence-corrected chi connectivity index (χ4v) is 3.68. The van der Waals surface area contributed by atoms with Gasteiger partial charge >= 0.3 is 0 Å². The summed E-state index contributed by atoms with van der Waals surface area (Å²) in [7, 11) is 0. The lowest BCUT2D eigenvalue weighted by molar-refractivity contribution is 0.102. The van der Waals surface area contributed by atoms with Gasteiger partial charge in [-0.3, -0.25) is 9.20 Å². The topological polar surface area (TPSA) is 75.9 Å². The number of hydrogen-bond donors (Lipinski definition) is 2. The number of nitrogens with one attached hydrogen (secondary N) is 1. The molecule has 28 heavy (non-hydrogen) atoms. The Hall–Kier alpha value is -3.03. The van der Waals surface area contributed by atoms with E-state index >= 15 is 0 Å². The molecule has 0 fully saturated rings. The molecule has 4 rings (SSSR count). The van der Waals surface area contributed by atoms with Crippen molar-refractivity contribution in [1.82, 2.24) is 9.38 Å². The molecule has 0 saturated heterocycles. The Morgan fingerprint density at radius 3 is 2.82 bits per heavy atom. The number of phenolic OH excluding ortho intramolecular Hbond substituents is 1. The monoisotopic (exact) mass is 413 g/mol. The molecule has 2 aromatic heterocycles. The summed E-state index contributed by atoms with van der Waals surface area (Å²) < 4.78 is 7.29. The molecule has 142 valence electrons. The Morgan fingerprint density at radius 2 is 2.11 bits per heavy atom. The van der Waals surface area contributed by atoms with Crippen molar-refractivity contribution in [2.75, 3.05) is 11.9 Å². The zero-order valence-corrected chi connectivity index (χ0v) is 16.4. The number of carbonyl (C=O) groups excluding carboxylic acids is 1. The quantitative estimate of drug-likeness (QED) is 0.478. The Morgan fingerprint density at radius 1 is 1.32 bits per heavy atom. The van der Waals surface area contributed by atoms with Gasteiger partial charge in [-0.1, -0.05) is 23.7 Å². The van der Waals surface area contributed by atoms with E-state index in [0.717, 1.165) is 16.2 Å². The third-order valence-corrected chi connectivity index (χ3v) is 5.18. The van der Waals surface area contributed by atoms with Gasteiger partial charge in [-0.05, 0) is 31.2 Å². The molecule has 2 aromatic carbocycles. The Balaban J connectivity index is 1.52. The number of benzene rings is 2. The van der Waals surface area contributed by atoms with Crippen molar-refractivity contribution >= 4 is 39.5 Å². The fraction of sp³-hybridized carbons (Fsp3) is 0.100. The van der Waals surface area contributed by atoms with E-state index in [1.807, 2.05) is 46.4 Å². The predicted molar refractivity (Wildman–Crippen MR) is 111 cm³/mol. The molecule has 8 heteroatoms. The van der Waals surface area contributed by atoms with E-state index in [0.29, 0.717) is 17.9 Å². The van der Waals surface area contributed by atoms with Crippen LogP contribution in [-0.4, -0.2) is 27.0 Å². The standard InChI is InChI=1S/C20H16ClN3O3S/c1-2-27-17-10-13(9-15(21)18(17)25)19(26)22-14-5-3-12(4-6-14)16-11-24-7-8-28-20(24)23-16/h3-11,25H,2H2,1H3,(H,22,26). The summed E-state index contributed by atoms with van der Waals surface area (Å²) in [4.78, 5) is 18.1. The van der Waals surface area contributed by atoms with Crippen LogP contribution in [0.15, 0.2) is 54.2 Å². The van der Waals surface area contributed by atoms with Gasteiger partial charge in [-0.15, -0.1) is 11.3 Å². The lowest BCUT2D eigenvalue weighted by atomic mass is 10.1. The fourth-order valence-electron chi connectivity index (χ4n) is 2.76. The summed E-state index contributed by atoms with van der Waals surface area (Å²) in [6.45, 7) is 2.13. The number of thiazole rings is 1. The minimum atomic E-state index is -0.349. The molecule has 0 aliphatic rings. The third-order valence-electron chi connectivity index (χ3n) is 4.12. The first-order valence-corrected chi connectivity index (χ1v) is 9.80. The number of carbonyl (C=O) groups is 1. The number of hydrogen-bond acceptors (Lipinski definition) is 5. The van der Waals surface area contributed by atoms with Gasteiger partial charge in [0, 0.05) is 34.6 Å². The van der Waals surface area contributed by atoms with Crippen molar-refractivity contribution in [2.24, 2.45) is 0 Å². The molecule has 0 saturated carbocycles. The molecule has 2 N–H and O–H groups in total. The summed E-state index contributed by atoms with van der Waals surface area (Å²) in [5.74, 6) is -0.349. The van der Waals surface area contributed by atoms with Crippen LogP contribution in [0.25, 0.3) is 16.2 Å². The van der Waals surface area contributed by atoms with Crippen molar-refractivity contribution in [2.45, 2.75) is 6.92 Å². The number of aromatic hydroxyl groups is 1. The van der Waals surface area contributed by atoms with E-state index in [-0.39, 0.29) is 22.4 Å². The first-order valence-electron chi connectivity index (χ1n) is 8.54. The number of imidazole rings is 1. The number of halogens is 1. The van der Waals surface area contributed by atoms with Crippen LogP contribution < -0.4 is 10.1 Å². The second-order valence-corrected chi connectivity index (χ2v) is 7.27. The van der Waals surface area contributed by atoms with Crippen LogP contribution in [0.2, 0.25) is 5.02 Å². The molecule has 0 spiro atoms. The highest BCUT2D eigenvalue weighted by molar-refractivity contribution is 7.15. The minimum Gasteiger partial charge on any atom is -0.503 e. The molecule has 2 heterocycles. The first kappa shape index (κ1) is 18.3. The van der Waals surface area contributed by atoms with Crippen molar-refractivity contribution in [1.29, 1.82) is 0 Å². The Bertz CT molecular complexity index is 1120. The van der Waals surface area contributed by atoms with Gasteiger partial charge in [-0.25, -0.2) is 4.98 Å². The summed E-state index contributed by atoms with van der Waals surface area (Å²) in [5, 5.41) is 14.8. The number of amides is 1. The maximum atomic E-state index is 12.6. The van der Waals surface area contributed by atoms with Crippen molar-refractivity contribution in [3.8, 4) is 22.8 Å². The van der Waals surface area contributed by atoms with E-state index in [2.05, 4.69) is 10.3 Å². The van der Waals surface area contributed by atoms with Gasteiger partial charge in [0.1, 0.15) is 0 Å². The van der Waals surface area contributed by atoms with Gasteiger partial charge in [0.25, 0.3) is 5.91 Å². The smallest absolute Gasteiger partial charge is 0.255 e. The number of rotatable bonds is 5. The summed E-state index contributed by atoms with van der Waals surface area (Å²) in [6.07, 6.45) is 3.93. The second kappa shape index (κ2) is 7.53. The van der Waals surface area contributed by atoms with Crippen LogP contribution in [0.4, 0.5) is 5.69 Å². The van der Waals surface area contributed by atoms with Crippen LogP contribution in [0.1, 0.15) is 17.3 Å². The average molecular weight is 414 g/mol. The Labute approximate surface area is 170 Å². The number of nitrogens with zero attached hydrogens (tertiary/aromatic N) is 2. The highest BCUT2D eigenvalue weighted by Gasteiger charge is 2.15. The largest absolute Gasteiger partial charge is 0.503 e. The third kappa shape index (κ3) is 3.54. The normalized spacial score (nSPS) is 10.9. The number of phenols is 1. The van der Waals surface area contributed by atoms with Gasteiger partial charge in [-0.2, -0.15) is 0 Å². The summed E-state index contributed by atoms with van der Waals surface area (Å²) in [6, 6.07) is 10.3. The van der Waals surface area contributed by atoms with Crippen molar-refractivity contribution in [3.05, 3.63) is 64.8 Å². The summed E-state index contributed by atoms with van der Waals surface area (Å²) in [5.41, 5.74) is 2.76.